The number of ether oxygens (including phenoxy) is 1. The number of anilines is 1. The maximum atomic E-state index is 13.3. The number of halogens is 1. The molecule has 1 atom stereocenters. The van der Waals surface area contributed by atoms with Gasteiger partial charge >= 0.3 is 5.97 Å². The number of hydrogen-bond acceptors (Lipinski definition) is 4. The van der Waals surface area contributed by atoms with Crippen LogP contribution in [-0.2, 0) is 16.0 Å². The molecule has 7 heteroatoms. The summed E-state index contributed by atoms with van der Waals surface area (Å²) >= 11 is 3.52. The first kappa shape index (κ1) is 18.2. The minimum atomic E-state index is -0.965. The van der Waals surface area contributed by atoms with Crippen molar-refractivity contribution in [3.63, 3.8) is 0 Å². The molecule has 1 unspecified atom stereocenters. The molecule has 1 amide bonds. The number of nitrogens with zero attached hydrogens (tertiary/aromatic N) is 2. The molecule has 2 aliphatic rings. The maximum Gasteiger partial charge on any atom is 0.335 e. The molecule has 6 nitrogen and oxygen atoms in total. The van der Waals surface area contributed by atoms with E-state index in [0.29, 0.717) is 32.7 Å². The zero-order valence-electron chi connectivity index (χ0n) is 14.7. The van der Waals surface area contributed by atoms with Crippen molar-refractivity contribution in [2.45, 2.75) is 38.8 Å². The number of carboxylic acid groups (broad SMARTS) is 1. The van der Waals surface area contributed by atoms with Crippen molar-refractivity contribution in [2.24, 2.45) is 0 Å². The van der Waals surface area contributed by atoms with Crippen LogP contribution >= 0.6 is 15.9 Å². The van der Waals surface area contributed by atoms with Gasteiger partial charge in [-0.1, -0.05) is 0 Å². The third kappa shape index (κ3) is 3.04. The lowest BCUT2D eigenvalue weighted by molar-refractivity contribution is -0.140. The Hall–Kier alpha value is -1.60. The van der Waals surface area contributed by atoms with Gasteiger partial charge in [-0.3, -0.25) is 4.79 Å². The monoisotopic (exact) mass is 410 g/mol. The van der Waals surface area contributed by atoms with Crippen molar-refractivity contribution in [3.05, 3.63) is 27.7 Å². The third-order valence-electron chi connectivity index (χ3n) is 4.97. The molecule has 0 aliphatic carbocycles. The van der Waals surface area contributed by atoms with Gasteiger partial charge in [-0.25, -0.2) is 4.79 Å². The summed E-state index contributed by atoms with van der Waals surface area (Å²) in [4.78, 5) is 28.7. The first-order valence-electron chi connectivity index (χ1n) is 8.48. The van der Waals surface area contributed by atoms with Gasteiger partial charge in [0.25, 0.3) is 0 Å². The molecule has 1 N–H and O–H groups in total. The smallest absolute Gasteiger partial charge is 0.335 e. The molecule has 2 aliphatic heterocycles. The van der Waals surface area contributed by atoms with E-state index in [2.05, 4.69) is 34.7 Å². The summed E-state index contributed by atoms with van der Waals surface area (Å²) in [6, 6.07) is 3.40. The molecule has 0 spiro atoms. The van der Waals surface area contributed by atoms with Gasteiger partial charge in [0, 0.05) is 30.0 Å². The molecular weight excluding hydrogens is 388 g/mol. The number of benzene rings is 1. The summed E-state index contributed by atoms with van der Waals surface area (Å²) in [6.07, 6.45) is 0.496. The van der Waals surface area contributed by atoms with E-state index in [4.69, 9.17) is 4.74 Å². The molecule has 0 bridgehead atoms. The van der Waals surface area contributed by atoms with Crippen molar-refractivity contribution in [1.29, 1.82) is 0 Å². The highest BCUT2D eigenvalue weighted by atomic mass is 79.9. The molecule has 3 rings (SSSR count). The van der Waals surface area contributed by atoms with E-state index in [1.165, 1.54) is 0 Å². The van der Waals surface area contributed by atoms with Crippen molar-refractivity contribution >= 4 is 33.5 Å². The fourth-order valence-electron chi connectivity index (χ4n) is 4.00. The number of aromatic carboxylic acids is 1. The number of carbonyl (C=O) groups is 2. The summed E-state index contributed by atoms with van der Waals surface area (Å²) < 4.78 is 6.08. The predicted octanol–water partition coefficient (Wildman–Crippen LogP) is 2.54. The van der Waals surface area contributed by atoms with E-state index in [1.807, 2.05) is 11.8 Å². The van der Waals surface area contributed by atoms with Crippen LogP contribution in [-0.4, -0.2) is 59.8 Å². The van der Waals surface area contributed by atoms with Gasteiger partial charge in [0.1, 0.15) is 5.54 Å². The Morgan fingerprint density at radius 2 is 1.92 bits per heavy atom. The Balaban J connectivity index is 2.04. The van der Waals surface area contributed by atoms with E-state index in [0.717, 1.165) is 15.7 Å². The highest BCUT2D eigenvalue weighted by Crippen LogP contribution is 2.46. The number of amides is 1. The molecular formula is C18H23BrN2O4. The minimum absolute atomic E-state index is 0.0736. The molecule has 0 saturated carbocycles. The number of hydrogen-bond donors (Lipinski definition) is 1. The Morgan fingerprint density at radius 1 is 1.28 bits per heavy atom. The first-order valence-corrected chi connectivity index (χ1v) is 9.27. The minimum Gasteiger partial charge on any atom is -0.478 e. The molecule has 2 heterocycles. The molecule has 136 valence electrons. The number of rotatable bonds is 3. The Labute approximate surface area is 155 Å². The van der Waals surface area contributed by atoms with Crippen molar-refractivity contribution < 1.29 is 19.4 Å². The van der Waals surface area contributed by atoms with E-state index in [1.54, 1.807) is 12.1 Å². The number of morpholine rings is 1. The standard InChI is InChI=1S/C18H23BrN2O4/c1-11(2)21-15-13(8-12(16(22)23)9-14(15)19)10-18(21,3)17(24)20-4-6-25-7-5-20/h8-9,11H,4-7,10H2,1-3H3,(H,22,23). The zero-order chi connectivity index (χ0) is 18.4. The zero-order valence-corrected chi connectivity index (χ0v) is 16.3. The normalized spacial score (nSPS) is 23.1. The van der Waals surface area contributed by atoms with Crippen molar-refractivity contribution in [1.82, 2.24) is 4.90 Å². The van der Waals surface area contributed by atoms with Crippen LogP contribution in [0.1, 0.15) is 36.7 Å². The van der Waals surface area contributed by atoms with Gasteiger partial charge in [0.2, 0.25) is 5.91 Å². The highest BCUT2D eigenvalue weighted by Gasteiger charge is 2.49. The largest absolute Gasteiger partial charge is 0.478 e. The lowest BCUT2D eigenvalue weighted by Gasteiger charge is -2.43. The Kier molecular flexibility index (Phi) is 4.81. The fraction of sp³-hybridized carbons (Fsp3) is 0.556. The quantitative estimate of drug-likeness (QED) is 0.828. The average Bonchev–Trinajstić information content (AvgIpc) is 2.89. The van der Waals surface area contributed by atoms with E-state index >= 15 is 0 Å². The molecule has 1 aromatic rings. The second kappa shape index (κ2) is 6.61. The first-order chi connectivity index (χ1) is 11.8. The molecule has 25 heavy (non-hydrogen) atoms. The van der Waals surface area contributed by atoms with Crippen LogP contribution in [0.5, 0.6) is 0 Å². The Bertz CT molecular complexity index is 715. The maximum absolute atomic E-state index is 13.3. The predicted molar refractivity (Wildman–Crippen MR) is 98.2 cm³/mol. The van der Waals surface area contributed by atoms with Crippen LogP contribution in [0.15, 0.2) is 16.6 Å². The second-order valence-electron chi connectivity index (χ2n) is 7.09. The molecule has 1 fully saturated rings. The van der Waals surface area contributed by atoms with Gasteiger partial charge in [0.15, 0.2) is 0 Å². The van der Waals surface area contributed by atoms with Gasteiger partial charge in [-0.05, 0) is 54.4 Å². The number of fused-ring (bicyclic) bond motifs is 1. The lowest BCUT2D eigenvalue weighted by Crippen LogP contribution is -2.60. The van der Waals surface area contributed by atoms with E-state index in [-0.39, 0.29) is 17.5 Å². The van der Waals surface area contributed by atoms with Gasteiger partial charge in [-0.15, -0.1) is 0 Å². The highest BCUT2D eigenvalue weighted by molar-refractivity contribution is 9.10. The van der Waals surface area contributed by atoms with Crippen molar-refractivity contribution in [3.8, 4) is 0 Å². The summed E-state index contributed by atoms with van der Waals surface area (Å²) in [5.41, 5.74) is 1.32. The number of carbonyl (C=O) groups excluding carboxylic acids is 1. The molecule has 0 radical (unpaired) electrons. The van der Waals surface area contributed by atoms with Crippen LogP contribution in [0.3, 0.4) is 0 Å². The topological polar surface area (TPSA) is 70.1 Å². The average molecular weight is 411 g/mol. The third-order valence-corrected chi connectivity index (χ3v) is 5.58. The Morgan fingerprint density at radius 3 is 2.48 bits per heavy atom. The van der Waals surface area contributed by atoms with Crippen LogP contribution in [0, 0.1) is 0 Å². The van der Waals surface area contributed by atoms with Crippen LogP contribution in [0.4, 0.5) is 5.69 Å². The van der Waals surface area contributed by atoms with Crippen LogP contribution in [0.2, 0.25) is 0 Å². The summed E-state index contributed by atoms with van der Waals surface area (Å²) in [5, 5.41) is 9.34. The summed E-state index contributed by atoms with van der Waals surface area (Å²) in [7, 11) is 0. The second-order valence-corrected chi connectivity index (χ2v) is 7.94. The summed E-state index contributed by atoms with van der Waals surface area (Å²) in [5.74, 6) is -0.891. The van der Waals surface area contributed by atoms with E-state index in [9.17, 15) is 14.7 Å². The van der Waals surface area contributed by atoms with Crippen molar-refractivity contribution in [2.75, 3.05) is 31.2 Å². The molecule has 1 aromatic carbocycles. The lowest BCUT2D eigenvalue weighted by atomic mass is 9.93. The SMILES string of the molecule is CC(C)N1c2c(Br)cc(C(=O)O)cc2CC1(C)C(=O)N1CCOCC1. The van der Waals surface area contributed by atoms with Gasteiger partial charge < -0.3 is 19.6 Å². The van der Waals surface area contributed by atoms with Crippen LogP contribution < -0.4 is 4.90 Å². The van der Waals surface area contributed by atoms with E-state index < -0.39 is 11.5 Å². The van der Waals surface area contributed by atoms with Crippen LogP contribution in [0.25, 0.3) is 0 Å². The molecule has 1 saturated heterocycles. The fourth-order valence-corrected chi connectivity index (χ4v) is 4.69. The van der Waals surface area contributed by atoms with Gasteiger partial charge in [0.05, 0.1) is 24.5 Å². The summed E-state index contributed by atoms with van der Waals surface area (Å²) in [6.45, 7) is 8.37. The number of carboxylic acids is 1. The molecule has 0 aromatic heterocycles. The van der Waals surface area contributed by atoms with Gasteiger partial charge in [-0.2, -0.15) is 0 Å².